The predicted octanol–water partition coefficient (Wildman–Crippen LogP) is 2.42. The molecule has 2 aliphatic heterocycles. The van der Waals surface area contributed by atoms with E-state index in [0.717, 1.165) is 44.0 Å². The van der Waals surface area contributed by atoms with Gasteiger partial charge >= 0.3 is 0 Å². The Balaban J connectivity index is 1.48. The molecule has 5 heteroatoms. The van der Waals surface area contributed by atoms with Crippen molar-refractivity contribution in [1.29, 1.82) is 0 Å². The molecular weight excluding hydrogens is 314 g/mol. The van der Waals surface area contributed by atoms with Crippen LogP contribution in [0.3, 0.4) is 0 Å². The number of rotatable bonds is 6. The second-order valence-corrected chi connectivity index (χ2v) is 7.46. The Morgan fingerprint density at radius 3 is 3.00 bits per heavy atom. The van der Waals surface area contributed by atoms with E-state index in [1.807, 2.05) is 18.2 Å². The Hall–Kier alpha value is -1.75. The molecule has 1 amide bonds. The molecule has 1 aromatic carbocycles. The summed E-state index contributed by atoms with van der Waals surface area (Å²) in [4.78, 5) is 14.7. The highest BCUT2D eigenvalue weighted by Gasteiger charge is 2.27. The minimum Gasteiger partial charge on any atom is -0.495 e. The number of para-hydroxylation sites is 2. The summed E-state index contributed by atoms with van der Waals surface area (Å²) >= 11 is 0. The van der Waals surface area contributed by atoms with Crippen LogP contribution in [0.25, 0.3) is 0 Å². The van der Waals surface area contributed by atoms with Crippen LogP contribution in [0.5, 0.6) is 5.75 Å². The quantitative estimate of drug-likeness (QED) is 0.831. The fourth-order valence-electron chi connectivity index (χ4n) is 4.10. The lowest BCUT2D eigenvalue weighted by molar-refractivity contribution is -0.122. The van der Waals surface area contributed by atoms with E-state index in [2.05, 4.69) is 28.5 Å². The highest BCUT2D eigenvalue weighted by molar-refractivity contribution is 5.76. The van der Waals surface area contributed by atoms with Crippen LogP contribution in [-0.2, 0) is 4.79 Å². The molecule has 138 valence electrons. The van der Waals surface area contributed by atoms with Gasteiger partial charge in [-0.15, -0.1) is 0 Å². The van der Waals surface area contributed by atoms with E-state index >= 15 is 0 Å². The van der Waals surface area contributed by atoms with Crippen molar-refractivity contribution in [1.82, 2.24) is 10.6 Å². The second-order valence-electron chi connectivity index (χ2n) is 7.46. The molecule has 0 spiro atoms. The first-order valence-corrected chi connectivity index (χ1v) is 9.55. The summed E-state index contributed by atoms with van der Waals surface area (Å²) < 4.78 is 5.46. The van der Waals surface area contributed by atoms with E-state index in [4.69, 9.17) is 4.74 Å². The lowest BCUT2D eigenvalue weighted by atomic mass is 9.85. The fourth-order valence-corrected chi connectivity index (χ4v) is 4.10. The molecule has 2 saturated heterocycles. The number of nitrogens with zero attached hydrogens (tertiary/aromatic N) is 1. The third kappa shape index (κ3) is 4.66. The molecule has 0 radical (unpaired) electrons. The van der Waals surface area contributed by atoms with Crippen LogP contribution in [0.4, 0.5) is 5.69 Å². The van der Waals surface area contributed by atoms with Crippen LogP contribution >= 0.6 is 0 Å². The Morgan fingerprint density at radius 2 is 2.24 bits per heavy atom. The molecule has 3 unspecified atom stereocenters. The minimum atomic E-state index is 0.199. The third-order valence-corrected chi connectivity index (χ3v) is 5.63. The van der Waals surface area contributed by atoms with Crippen molar-refractivity contribution in [3.63, 3.8) is 0 Å². The highest BCUT2D eigenvalue weighted by Crippen LogP contribution is 2.30. The normalized spacial score (nSPS) is 24.8. The summed E-state index contributed by atoms with van der Waals surface area (Å²) in [6, 6.07) is 8.32. The first kappa shape index (κ1) is 18.1. The van der Waals surface area contributed by atoms with Crippen LogP contribution in [0.2, 0.25) is 0 Å². The van der Waals surface area contributed by atoms with Crippen LogP contribution in [-0.4, -0.2) is 45.2 Å². The van der Waals surface area contributed by atoms with Gasteiger partial charge in [0.05, 0.1) is 12.8 Å². The average molecular weight is 345 g/mol. The van der Waals surface area contributed by atoms with Crippen molar-refractivity contribution in [3.8, 4) is 5.75 Å². The van der Waals surface area contributed by atoms with Crippen molar-refractivity contribution in [2.75, 3.05) is 38.2 Å². The van der Waals surface area contributed by atoms with Crippen LogP contribution in [0, 0.1) is 11.8 Å². The Bertz CT molecular complexity index is 572. The lowest BCUT2D eigenvalue weighted by Gasteiger charge is -2.28. The van der Waals surface area contributed by atoms with Crippen molar-refractivity contribution in [2.45, 2.75) is 38.6 Å². The first-order chi connectivity index (χ1) is 12.2. The number of hydrogen-bond acceptors (Lipinski definition) is 4. The van der Waals surface area contributed by atoms with E-state index in [1.54, 1.807) is 7.11 Å². The predicted molar refractivity (Wildman–Crippen MR) is 101 cm³/mol. The number of benzene rings is 1. The second kappa shape index (κ2) is 8.56. The van der Waals surface area contributed by atoms with E-state index in [0.29, 0.717) is 18.3 Å². The number of piperidine rings is 1. The molecule has 2 N–H and O–H groups in total. The summed E-state index contributed by atoms with van der Waals surface area (Å²) in [6.07, 6.45) is 4.10. The summed E-state index contributed by atoms with van der Waals surface area (Å²) in [7, 11) is 1.70. The van der Waals surface area contributed by atoms with Crippen molar-refractivity contribution in [2.24, 2.45) is 11.8 Å². The van der Waals surface area contributed by atoms with Crippen LogP contribution < -0.4 is 20.3 Å². The summed E-state index contributed by atoms with van der Waals surface area (Å²) in [6.45, 7) is 6.20. The molecule has 0 aromatic heterocycles. The molecule has 1 aromatic rings. The maximum absolute atomic E-state index is 12.4. The van der Waals surface area contributed by atoms with Gasteiger partial charge in [-0.05, 0) is 56.3 Å². The molecule has 5 nitrogen and oxygen atoms in total. The molecule has 2 aliphatic rings. The monoisotopic (exact) mass is 345 g/mol. The number of carbonyl (C=O) groups excluding carboxylic acids is 1. The van der Waals surface area contributed by atoms with Crippen LogP contribution in [0.1, 0.15) is 32.6 Å². The van der Waals surface area contributed by atoms with Gasteiger partial charge in [0.15, 0.2) is 0 Å². The third-order valence-electron chi connectivity index (χ3n) is 5.63. The van der Waals surface area contributed by atoms with E-state index in [-0.39, 0.29) is 11.9 Å². The maximum Gasteiger partial charge on any atom is 0.220 e. The summed E-state index contributed by atoms with van der Waals surface area (Å²) in [5, 5.41) is 6.69. The molecule has 2 fully saturated rings. The van der Waals surface area contributed by atoms with Gasteiger partial charge in [0.1, 0.15) is 5.75 Å². The molecule has 2 heterocycles. The number of amides is 1. The van der Waals surface area contributed by atoms with E-state index < -0.39 is 0 Å². The number of ether oxygens (including phenoxy) is 1. The molecule has 0 bridgehead atoms. The van der Waals surface area contributed by atoms with Gasteiger partial charge in [-0.3, -0.25) is 4.79 Å². The number of nitrogens with one attached hydrogen (secondary N) is 2. The summed E-state index contributed by atoms with van der Waals surface area (Å²) in [5.74, 6) is 2.17. The van der Waals surface area contributed by atoms with E-state index in [9.17, 15) is 4.79 Å². The van der Waals surface area contributed by atoms with Gasteiger partial charge in [0, 0.05) is 25.6 Å². The number of hydrogen-bond donors (Lipinski definition) is 2. The van der Waals surface area contributed by atoms with Gasteiger partial charge in [0.25, 0.3) is 0 Å². The standard InChI is InChI=1S/C20H31N3O2/c1-15(16-6-5-10-21-13-16)12-20(24)22-17-9-11-23(14-17)18-7-3-4-8-19(18)25-2/h3-4,7-8,15-17,21H,5-6,9-14H2,1-2H3,(H,22,24). The van der Waals surface area contributed by atoms with Crippen molar-refractivity contribution in [3.05, 3.63) is 24.3 Å². The minimum absolute atomic E-state index is 0.199. The van der Waals surface area contributed by atoms with Crippen molar-refractivity contribution >= 4 is 11.6 Å². The van der Waals surface area contributed by atoms with Gasteiger partial charge in [-0.2, -0.15) is 0 Å². The lowest BCUT2D eigenvalue weighted by Crippen LogP contribution is -2.40. The number of methoxy groups -OCH3 is 1. The molecule has 0 aliphatic carbocycles. The molecule has 3 rings (SSSR count). The van der Waals surface area contributed by atoms with Gasteiger partial charge in [0.2, 0.25) is 5.91 Å². The van der Waals surface area contributed by atoms with Gasteiger partial charge < -0.3 is 20.3 Å². The van der Waals surface area contributed by atoms with Gasteiger partial charge in [-0.1, -0.05) is 19.1 Å². The summed E-state index contributed by atoms with van der Waals surface area (Å²) in [5.41, 5.74) is 1.11. The Labute approximate surface area is 151 Å². The SMILES string of the molecule is COc1ccccc1N1CCC(NC(=O)CC(C)C2CCCNC2)C1. The topological polar surface area (TPSA) is 53.6 Å². The molecule has 25 heavy (non-hydrogen) atoms. The first-order valence-electron chi connectivity index (χ1n) is 9.55. The largest absolute Gasteiger partial charge is 0.495 e. The van der Waals surface area contributed by atoms with E-state index in [1.165, 1.54) is 12.8 Å². The highest BCUT2D eigenvalue weighted by atomic mass is 16.5. The number of anilines is 1. The maximum atomic E-state index is 12.4. The molecule has 3 atom stereocenters. The molecular formula is C20H31N3O2. The zero-order valence-corrected chi connectivity index (χ0v) is 15.5. The van der Waals surface area contributed by atoms with Gasteiger partial charge in [-0.25, -0.2) is 0 Å². The van der Waals surface area contributed by atoms with Crippen LogP contribution in [0.15, 0.2) is 24.3 Å². The number of carbonyl (C=O) groups is 1. The zero-order valence-electron chi connectivity index (χ0n) is 15.5. The Morgan fingerprint density at radius 1 is 1.40 bits per heavy atom. The smallest absolute Gasteiger partial charge is 0.220 e. The average Bonchev–Trinajstić information content (AvgIpc) is 3.10. The zero-order chi connectivity index (χ0) is 17.6. The van der Waals surface area contributed by atoms with Crippen molar-refractivity contribution < 1.29 is 9.53 Å². The molecule has 0 saturated carbocycles. The Kier molecular flexibility index (Phi) is 6.19. The fraction of sp³-hybridized carbons (Fsp3) is 0.650.